The van der Waals surface area contributed by atoms with Crippen LogP contribution in [-0.4, -0.2) is 30.5 Å². The van der Waals surface area contributed by atoms with Gasteiger partial charge in [0.05, 0.1) is 6.21 Å². The van der Waals surface area contributed by atoms with Gasteiger partial charge in [0.2, 0.25) is 0 Å². The van der Waals surface area contributed by atoms with Gasteiger partial charge in [-0.15, -0.1) is 0 Å². The minimum absolute atomic E-state index is 0.205. The molecule has 0 aromatic heterocycles. The van der Waals surface area contributed by atoms with E-state index in [-0.39, 0.29) is 12.5 Å². The van der Waals surface area contributed by atoms with Gasteiger partial charge in [-0.2, -0.15) is 5.10 Å². The third kappa shape index (κ3) is 7.26. The molecular formula is C27H28N4O4. The minimum Gasteiger partial charge on any atom is -0.483 e. The van der Waals surface area contributed by atoms with Gasteiger partial charge >= 0.3 is 11.8 Å². The van der Waals surface area contributed by atoms with E-state index in [4.69, 9.17) is 4.74 Å². The van der Waals surface area contributed by atoms with Crippen LogP contribution in [0.15, 0.2) is 71.8 Å². The number of hydrogen-bond donors (Lipinski definition) is 3. The van der Waals surface area contributed by atoms with Crippen LogP contribution in [0.2, 0.25) is 0 Å². The van der Waals surface area contributed by atoms with Gasteiger partial charge in [0.25, 0.3) is 5.91 Å². The predicted octanol–water partition coefficient (Wildman–Crippen LogP) is 3.97. The van der Waals surface area contributed by atoms with Crippen LogP contribution < -0.4 is 20.8 Å². The van der Waals surface area contributed by atoms with Gasteiger partial charge in [-0.25, -0.2) is 5.43 Å². The summed E-state index contributed by atoms with van der Waals surface area (Å²) in [7, 11) is 0. The second-order valence-corrected chi connectivity index (χ2v) is 7.86. The molecule has 8 nitrogen and oxygen atoms in total. The summed E-state index contributed by atoms with van der Waals surface area (Å²) in [5, 5.41) is 9.27. The van der Waals surface area contributed by atoms with E-state index < -0.39 is 11.8 Å². The first-order chi connectivity index (χ1) is 16.9. The number of hydrazone groups is 1. The molecule has 0 aliphatic rings. The molecule has 3 aromatic carbocycles. The molecule has 180 valence electrons. The highest BCUT2D eigenvalue weighted by molar-refractivity contribution is 6.39. The van der Waals surface area contributed by atoms with E-state index in [9.17, 15) is 14.4 Å². The number of rotatable bonds is 8. The summed E-state index contributed by atoms with van der Waals surface area (Å²) in [6.07, 6.45) is 2.07. The Hall–Kier alpha value is -4.46. The number of nitrogens with one attached hydrogen (secondary N) is 3. The van der Waals surface area contributed by atoms with Crippen LogP contribution in [0.1, 0.15) is 29.2 Å². The molecule has 0 fully saturated rings. The number of nitrogens with zero attached hydrogens (tertiary/aromatic N) is 1. The first kappa shape index (κ1) is 25.2. The van der Waals surface area contributed by atoms with Crippen LogP contribution in [0.3, 0.4) is 0 Å². The lowest BCUT2D eigenvalue weighted by Gasteiger charge is -2.11. The molecule has 0 aliphatic carbocycles. The van der Waals surface area contributed by atoms with Crippen molar-refractivity contribution in [3.63, 3.8) is 0 Å². The molecule has 0 atom stereocenters. The molecule has 0 aliphatic heterocycles. The molecule has 0 unspecified atom stereocenters. The highest BCUT2D eigenvalue weighted by Crippen LogP contribution is 2.18. The quantitative estimate of drug-likeness (QED) is 0.262. The number of amides is 3. The van der Waals surface area contributed by atoms with E-state index in [2.05, 4.69) is 21.2 Å². The van der Waals surface area contributed by atoms with E-state index in [1.807, 2.05) is 51.1 Å². The topological polar surface area (TPSA) is 109 Å². The van der Waals surface area contributed by atoms with E-state index in [0.717, 1.165) is 28.8 Å². The zero-order valence-electron chi connectivity index (χ0n) is 19.9. The number of anilines is 2. The highest BCUT2D eigenvalue weighted by Gasteiger charge is 2.14. The lowest BCUT2D eigenvalue weighted by molar-refractivity contribution is -0.136. The Morgan fingerprint density at radius 1 is 0.886 bits per heavy atom. The molecule has 0 bridgehead atoms. The predicted molar refractivity (Wildman–Crippen MR) is 137 cm³/mol. The van der Waals surface area contributed by atoms with Gasteiger partial charge < -0.3 is 15.4 Å². The maximum atomic E-state index is 12.3. The van der Waals surface area contributed by atoms with Gasteiger partial charge in [-0.3, -0.25) is 14.4 Å². The first-order valence-corrected chi connectivity index (χ1v) is 11.2. The Morgan fingerprint density at radius 3 is 2.40 bits per heavy atom. The lowest BCUT2D eigenvalue weighted by Crippen LogP contribution is -2.32. The van der Waals surface area contributed by atoms with Gasteiger partial charge in [-0.05, 0) is 55.7 Å². The van der Waals surface area contributed by atoms with E-state index in [1.54, 1.807) is 36.4 Å². The molecule has 0 saturated carbocycles. The fourth-order valence-corrected chi connectivity index (χ4v) is 3.34. The zero-order chi connectivity index (χ0) is 25.2. The zero-order valence-corrected chi connectivity index (χ0v) is 19.9. The fraction of sp³-hybridized carbons (Fsp3) is 0.185. The van der Waals surface area contributed by atoms with E-state index >= 15 is 0 Å². The molecule has 0 heterocycles. The van der Waals surface area contributed by atoms with Crippen molar-refractivity contribution in [1.82, 2.24) is 5.43 Å². The van der Waals surface area contributed by atoms with Crippen LogP contribution in [0, 0.1) is 13.8 Å². The number of aryl methyl sites for hydroxylation is 3. The third-order valence-electron chi connectivity index (χ3n) is 5.16. The summed E-state index contributed by atoms with van der Waals surface area (Å²) in [6, 6.07) is 19.9. The average Bonchev–Trinajstić information content (AvgIpc) is 2.85. The Kier molecular flexibility index (Phi) is 8.72. The molecule has 0 radical (unpaired) electrons. The van der Waals surface area contributed by atoms with Gasteiger partial charge in [0.1, 0.15) is 5.75 Å². The number of carbonyl (C=O) groups excluding carboxylic acids is 3. The Bertz CT molecular complexity index is 1250. The van der Waals surface area contributed by atoms with Crippen molar-refractivity contribution in [2.24, 2.45) is 5.10 Å². The molecule has 3 aromatic rings. The summed E-state index contributed by atoms with van der Waals surface area (Å²) in [4.78, 5) is 36.7. The van der Waals surface area contributed by atoms with Gasteiger partial charge in [-0.1, -0.05) is 55.0 Å². The number of para-hydroxylation sites is 2. The Labute approximate surface area is 204 Å². The third-order valence-corrected chi connectivity index (χ3v) is 5.16. The van der Waals surface area contributed by atoms with E-state index in [0.29, 0.717) is 17.0 Å². The largest absolute Gasteiger partial charge is 0.483 e. The molecule has 8 heteroatoms. The number of carbonyl (C=O) groups is 3. The van der Waals surface area contributed by atoms with Gasteiger partial charge in [0, 0.05) is 16.9 Å². The minimum atomic E-state index is -0.904. The fourth-order valence-electron chi connectivity index (χ4n) is 3.34. The van der Waals surface area contributed by atoms with Crippen molar-refractivity contribution < 1.29 is 19.1 Å². The van der Waals surface area contributed by atoms with Crippen LogP contribution in [0.4, 0.5) is 11.4 Å². The van der Waals surface area contributed by atoms with Crippen molar-refractivity contribution >= 4 is 35.3 Å². The SMILES string of the molecule is CCc1ccccc1NC(=O)C(=O)N/N=C\c1ccccc1OCC(=O)Nc1ccc(C)cc1C. The van der Waals surface area contributed by atoms with Crippen LogP contribution in [-0.2, 0) is 20.8 Å². The standard InChI is InChI=1S/C27H28N4O4/c1-4-20-9-5-7-11-23(20)30-26(33)27(34)31-28-16-21-10-6-8-12-24(21)35-17-25(32)29-22-14-13-18(2)15-19(22)3/h5-16H,4,17H2,1-3H3,(H,29,32)(H,30,33)(H,31,34)/b28-16-. The van der Waals surface area contributed by atoms with Crippen LogP contribution in [0.25, 0.3) is 0 Å². The van der Waals surface area contributed by atoms with E-state index in [1.165, 1.54) is 6.21 Å². The summed E-state index contributed by atoms with van der Waals surface area (Å²) in [5.41, 5.74) is 7.04. The molecule has 3 amide bonds. The number of ether oxygens (including phenoxy) is 1. The summed E-state index contributed by atoms with van der Waals surface area (Å²) in [5.74, 6) is -1.63. The second kappa shape index (κ2) is 12.1. The van der Waals surface area contributed by atoms with Gasteiger partial charge in [0.15, 0.2) is 6.61 Å². The summed E-state index contributed by atoms with van der Waals surface area (Å²) >= 11 is 0. The Morgan fingerprint density at radius 2 is 1.63 bits per heavy atom. The van der Waals surface area contributed by atoms with Crippen LogP contribution >= 0.6 is 0 Å². The molecule has 3 rings (SSSR count). The number of hydrogen-bond acceptors (Lipinski definition) is 5. The lowest BCUT2D eigenvalue weighted by atomic mass is 10.1. The molecule has 3 N–H and O–H groups in total. The summed E-state index contributed by atoms with van der Waals surface area (Å²) in [6.45, 7) is 5.67. The average molecular weight is 473 g/mol. The molecular weight excluding hydrogens is 444 g/mol. The second-order valence-electron chi connectivity index (χ2n) is 7.86. The maximum absolute atomic E-state index is 12.3. The van der Waals surface area contributed by atoms with Crippen molar-refractivity contribution in [2.45, 2.75) is 27.2 Å². The number of benzene rings is 3. The highest BCUT2D eigenvalue weighted by atomic mass is 16.5. The van der Waals surface area contributed by atoms with Crippen molar-refractivity contribution in [3.05, 3.63) is 89.0 Å². The van der Waals surface area contributed by atoms with Crippen molar-refractivity contribution in [2.75, 3.05) is 17.2 Å². The van der Waals surface area contributed by atoms with Crippen molar-refractivity contribution in [1.29, 1.82) is 0 Å². The van der Waals surface area contributed by atoms with Crippen molar-refractivity contribution in [3.8, 4) is 5.75 Å². The normalized spacial score (nSPS) is 10.6. The summed E-state index contributed by atoms with van der Waals surface area (Å²) < 4.78 is 5.65. The molecule has 0 saturated heterocycles. The maximum Gasteiger partial charge on any atom is 0.329 e. The smallest absolute Gasteiger partial charge is 0.329 e. The first-order valence-electron chi connectivity index (χ1n) is 11.2. The molecule has 35 heavy (non-hydrogen) atoms. The molecule has 0 spiro atoms. The Balaban J connectivity index is 1.55. The monoisotopic (exact) mass is 472 g/mol. The van der Waals surface area contributed by atoms with Crippen LogP contribution in [0.5, 0.6) is 5.75 Å².